The van der Waals surface area contributed by atoms with Crippen molar-refractivity contribution in [3.05, 3.63) is 30.1 Å². The quantitative estimate of drug-likeness (QED) is 0.572. The van der Waals surface area contributed by atoms with Gasteiger partial charge in [-0.3, -0.25) is 16.3 Å². The van der Waals surface area contributed by atoms with Crippen molar-refractivity contribution in [2.24, 2.45) is 11.8 Å². The van der Waals surface area contributed by atoms with E-state index in [0.29, 0.717) is 12.0 Å². The normalized spacial score (nSPS) is 22.2. The van der Waals surface area contributed by atoms with Gasteiger partial charge >= 0.3 is 0 Å². The van der Waals surface area contributed by atoms with Crippen molar-refractivity contribution >= 4 is 0 Å². The van der Waals surface area contributed by atoms with Gasteiger partial charge in [0.2, 0.25) is 0 Å². The van der Waals surface area contributed by atoms with Gasteiger partial charge < -0.3 is 4.74 Å². The molecule has 0 bridgehead atoms. The van der Waals surface area contributed by atoms with Crippen molar-refractivity contribution in [2.75, 3.05) is 13.2 Å². The molecule has 2 atom stereocenters. The van der Waals surface area contributed by atoms with E-state index in [9.17, 15) is 0 Å². The molecule has 0 amide bonds. The highest BCUT2D eigenvalue weighted by Crippen LogP contribution is 2.19. The molecule has 1 aromatic heterocycles. The summed E-state index contributed by atoms with van der Waals surface area (Å²) in [5.74, 6) is 6.15. The standard InChI is InChI=1S/C12H19N3O/c13-15-12(11-5-7-16-9-11)4-3-10-2-1-6-14-8-10/h1-2,6,8,11-12,15H,3-5,7,9,13H2. The van der Waals surface area contributed by atoms with Gasteiger partial charge in [-0.15, -0.1) is 0 Å². The summed E-state index contributed by atoms with van der Waals surface area (Å²) >= 11 is 0. The number of nitrogens with one attached hydrogen (secondary N) is 1. The Balaban J connectivity index is 1.83. The van der Waals surface area contributed by atoms with Crippen molar-refractivity contribution in [3.8, 4) is 0 Å². The lowest BCUT2D eigenvalue weighted by molar-refractivity contribution is 0.175. The fourth-order valence-electron chi connectivity index (χ4n) is 2.19. The molecule has 2 unspecified atom stereocenters. The van der Waals surface area contributed by atoms with E-state index < -0.39 is 0 Å². The van der Waals surface area contributed by atoms with Gasteiger partial charge in [-0.2, -0.15) is 0 Å². The van der Waals surface area contributed by atoms with Crippen molar-refractivity contribution in [1.29, 1.82) is 0 Å². The fraction of sp³-hybridized carbons (Fsp3) is 0.583. The van der Waals surface area contributed by atoms with Gasteiger partial charge in [-0.05, 0) is 30.9 Å². The molecule has 4 nitrogen and oxygen atoms in total. The highest BCUT2D eigenvalue weighted by molar-refractivity contribution is 5.08. The molecule has 1 saturated heterocycles. The second kappa shape index (κ2) is 5.94. The third-order valence-corrected chi connectivity index (χ3v) is 3.21. The van der Waals surface area contributed by atoms with Gasteiger partial charge in [0.15, 0.2) is 0 Å². The lowest BCUT2D eigenvalue weighted by Gasteiger charge is -2.21. The Bertz CT molecular complexity index is 298. The molecule has 1 aromatic rings. The molecular weight excluding hydrogens is 202 g/mol. The Hall–Kier alpha value is -0.970. The molecule has 1 aliphatic heterocycles. The van der Waals surface area contributed by atoms with E-state index >= 15 is 0 Å². The van der Waals surface area contributed by atoms with Crippen LogP contribution in [0.15, 0.2) is 24.5 Å². The average Bonchev–Trinajstić information content (AvgIpc) is 2.85. The molecule has 88 valence electrons. The molecule has 0 aliphatic carbocycles. The maximum absolute atomic E-state index is 5.60. The van der Waals surface area contributed by atoms with E-state index in [4.69, 9.17) is 10.6 Å². The second-order valence-corrected chi connectivity index (χ2v) is 4.30. The second-order valence-electron chi connectivity index (χ2n) is 4.30. The zero-order valence-electron chi connectivity index (χ0n) is 9.43. The number of hydrogen-bond acceptors (Lipinski definition) is 4. The van der Waals surface area contributed by atoms with Gasteiger partial charge in [0.05, 0.1) is 6.61 Å². The van der Waals surface area contributed by atoms with E-state index in [1.807, 2.05) is 12.3 Å². The number of rotatable bonds is 5. The maximum atomic E-state index is 5.60. The number of aromatic nitrogens is 1. The van der Waals surface area contributed by atoms with Crippen LogP contribution in [0.3, 0.4) is 0 Å². The van der Waals surface area contributed by atoms with Crippen molar-refractivity contribution < 1.29 is 4.74 Å². The number of ether oxygens (including phenoxy) is 1. The topological polar surface area (TPSA) is 60.2 Å². The lowest BCUT2D eigenvalue weighted by Crippen LogP contribution is -2.41. The number of pyridine rings is 1. The van der Waals surface area contributed by atoms with E-state index in [1.54, 1.807) is 6.20 Å². The van der Waals surface area contributed by atoms with Crippen molar-refractivity contribution in [1.82, 2.24) is 10.4 Å². The summed E-state index contributed by atoms with van der Waals surface area (Å²) in [5, 5.41) is 0. The smallest absolute Gasteiger partial charge is 0.0510 e. The molecule has 16 heavy (non-hydrogen) atoms. The molecule has 0 saturated carbocycles. The van der Waals surface area contributed by atoms with Gasteiger partial charge in [0.25, 0.3) is 0 Å². The van der Waals surface area contributed by atoms with Crippen molar-refractivity contribution in [3.63, 3.8) is 0 Å². The molecular formula is C12H19N3O. The summed E-state index contributed by atoms with van der Waals surface area (Å²) in [6.45, 7) is 1.71. The van der Waals surface area contributed by atoms with Crippen LogP contribution in [-0.2, 0) is 11.2 Å². The van der Waals surface area contributed by atoms with Gasteiger partial charge in [0, 0.05) is 31.0 Å². The first-order valence-electron chi connectivity index (χ1n) is 5.83. The SMILES string of the molecule is NNC(CCc1cccnc1)C1CCOC1. The van der Waals surface area contributed by atoms with Crippen LogP contribution in [0.2, 0.25) is 0 Å². The Labute approximate surface area is 96.2 Å². The lowest BCUT2D eigenvalue weighted by atomic mass is 9.94. The van der Waals surface area contributed by atoms with Crippen LogP contribution in [-0.4, -0.2) is 24.2 Å². The molecule has 1 fully saturated rings. The summed E-state index contributed by atoms with van der Waals surface area (Å²) in [6, 6.07) is 4.42. The third-order valence-electron chi connectivity index (χ3n) is 3.21. The maximum Gasteiger partial charge on any atom is 0.0510 e. The van der Waals surface area contributed by atoms with Crippen LogP contribution in [0, 0.1) is 5.92 Å². The van der Waals surface area contributed by atoms with Crippen molar-refractivity contribution in [2.45, 2.75) is 25.3 Å². The van der Waals surface area contributed by atoms with E-state index in [0.717, 1.165) is 32.5 Å². The summed E-state index contributed by atoms with van der Waals surface area (Å²) in [5.41, 5.74) is 4.18. The average molecular weight is 221 g/mol. The van der Waals surface area contributed by atoms with Gasteiger partial charge in [-0.1, -0.05) is 6.07 Å². The van der Waals surface area contributed by atoms with Crippen LogP contribution in [0.25, 0.3) is 0 Å². The Morgan fingerprint density at radius 1 is 1.62 bits per heavy atom. The minimum atomic E-state index is 0.350. The first-order valence-corrected chi connectivity index (χ1v) is 5.83. The molecule has 2 rings (SSSR count). The Kier molecular flexibility index (Phi) is 4.27. The summed E-state index contributed by atoms with van der Waals surface area (Å²) < 4.78 is 5.38. The first kappa shape index (κ1) is 11.5. The Morgan fingerprint density at radius 3 is 3.19 bits per heavy atom. The van der Waals surface area contributed by atoms with Crippen LogP contribution >= 0.6 is 0 Å². The molecule has 0 radical (unpaired) electrons. The Morgan fingerprint density at radius 2 is 2.56 bits per heavy atom. The van der Waals surface area contributed by atoms with Gasteiger partial charge in [-0.25, -0.2) is 0 Å². The van der Waals surface area contributed by atoms with E-state index in [2.05, 4.69) is 16.5 Å². The molecule has 3 N–H and O–H groups in total. The first-order chi connectivity index (χ1) is 7.90. The number of nitrogens with two attached hydrogens (primary N) is 1. The minimum Gasteiger partial charge on any atom is -0.381 e. The number of hydrazine groups is 1. The molecule has 1 aliphatic rings. The highest BCUT2D eigenvalue weighted by atomic mass is 16.5. The predicted octanol–water partition coefficient (Wildman–Crippen LogP) is 0.883. The summed E-state index contributed by atoms with van der Waals surface area (Å²) in [7, 11) is 0. The number of aryl methyl sites for hydroxylation is 1. The number of nitrogens with zero attached hydrogens (tertiary/aromatic N) is 1. The third kappa shape index (κ3) is 3.01. The van der Waals surface area contributed by atoms with Crippen LogP contribution in [0.4, 0.5) is 0 Å². The van der Waals surface area contributed by atoms with E-state index in [1.165, 1.54) is 5.56 Å². The summed E-state index contributed by atoms with van der Waals surface area (Å²) in [6.07, 6.45) is 6.88. The summed E-state index contributed by atoms with van der Waals surface area (Å²) in [4.78, 5) is 4.11. The monoisotopic (exact) mass is 221 g/mol. The van der Waals surface area contributed by atoms with Crippen LogP contribution in [0.5, 0.6) is 0 Å². The fourth-order valence-corrected chi connectivity index (χ4v) is 2.19. The zero-order valence-corrected chi connectivity index (χ0v) is 9.43. The van der Waals surface area contributed by atoms with E-state index in [-0.39, 0.29) is 0 Å². The number of hydrogen-bond donors (Lipinski definition) is 2. The molecule has 2 heterocycles. The zero-order chi connectivity index (χ0) is 11.2. The molecule has 0 spiro atoms. The predicted molar refractivity (Wildman–Crippen MR) is 62.6 cm³/mol. The minimum absolute atomic E-state index is 0.350. The highest BCUT2D eigenvalue weighted by Gasteiger charge is 2.24. The van der Waals surface area contributed by atoms with Gasteiger partial charge in [0.1, 0.15) is 0 Å². The van der Waals surface area contributed by atoms with Crippen LogP contribution < -0.4 is 11.3 Å². The molecule has 0 aromatic carbocycles. The van der Waals surface area contributed by atoms with Crippen LogP contribution in [0.1, 0.15) is 18.4 Å². The molecule has 4 heteroatoms. The largest absolute Gasteiger partial charge is 0.381 e.